The average molecular weight is 375 g/mol. The Labute approximate surface area is 156 Å². The molecule has 0 aliphatic rings. The lowest BCUT2D eigenvalue weighted by Gasteiger charge is -2.20. The molecule has 0 aromatic heterocycles. The average Bonchev–Trinajstić information content (AvgIpc) is 2.49. The molecule has 2 rings (SSSR count). The van der Waals surface area contributed by atoms with Crippen LogP contribution in [0.3, 0.4) is 0 Å². The zero-order valence-electron chi connectivity index (χ0n) is 16.2. The van der Waals surface area contributed by atoms with E-state index in [1.165, 1.54) is 7.05 Å². The van der Waals surface area contributed by atoms with Gasteiger partial charge in [-0.05, 0) is 69.0 Å². The Bertz CT molecular complexity index is 927. The summed E-state index contributed by atoms with van der Waals surface area (Å²) in [6.07, 6.45) is 0. The number of aryl methyl sites for hydroxylation is 5. The van der Waals surface area contributed by atoms with Gasteiger partial charge in [0, 0.05) is 12.7 Å². The number of hydrogen-bond donors (Lipinski definition) is 1. The number of amides is 1. The predicted molar refractivity (Wildman–Crippen MR) is 105 cm³/mol. The van der Waals surface area contributed by atoms with Gasteiger partial charge in [-0.15, -0.1) is 0 Å². The summed E-state index contributed by atoms with van der Waals surface area (Å²) in [5.41, 5.74) is 5.23. The number of nitrogens with one attached hydrogen (secondary N) is 1. The second-order valence-corrected chi connectivity index (χ2v) is 8.82. The van der Waals surface area contributed by atoms with Crippen molar-refractivity contribution in [1.29, 1.82) is 0 Å². The van der Waals surface area contributed by atoms with Gasteiger partial charge in [-0.3, -0.25) is 4.79 Å². The van der Waals surface area contributed by atoms with Crippen molar-refractivity contribution >= 4 is 21.6 Å². The Balaban J connectivity index is 2.19. The van der Waals surface area contributed by atoms with Crippen molar-refractivity contribution in [3.8, 4) is 0 Å². The molecule has 0 radical (unpaired) electrons. The van der Waals surface area contributed by atoms with Crippen LogP contribution in [0, 0.1) is 34.6 Å². The highest BCUT2D eigenvalue weighted by Crippen LogP contribution is 2.24. The topological polar surface area (TPSA) is 66.5 Å². The molecule has 0 unspecified atom stereocenters. The molecule has 0 saturated heterocycles. The number of nitrogens with zero attached hydrogens (tertiary/aromatic N) is 1. The van der Waals surface area contributed by atoms with Crippen molar-refractivity contribution in [2.45, 2.75) is 39.5 Å². The minimum Gasteiger partial charge on any atom is -0.325 e. The number of benzene rings is 2. The molecule has 0 aliphatic heterocycles. The minimum atomic E-state index is -3.75. The first-order chi connectivity index (χ1) is 12.0. The van der Waals surface area contributed by atoms with Crippen LogP contribution in [0.25, 0.3) is 0 Å². The monoisotopic (exact) mass is 374 g/mol. The number of anilines is 1. The van der Waals surface area contributed by atoms with Gasteiger partial charge in [0.15, 0.2) is 0 Å². The molecule has 2 aromatic carbocycles. The second kappa shape index (κ2) is 7.60. The van der Waals surface area contributed by atoms with E-state index in [0.717, 1.165) is 21.0 Å². The fourth-order valence-electron chi connectivity index (χ4n) is 3.04. The van der Waals surface area contributed by atoms with Crippen molar-refractivity contribution in [2.24, 2.45) is 0 Å². The third kappa shape index (κ3) is 4.31. The quantitative estimate of drug-likeness (QED) is 0.871. The van der Waals surface area contributed by atoms with Crippen molar-refractivity contribution < 1.29 is 13.2 Å². The maximum Gasteiger partial charge on any atom is 0.243 e. The Kier molecular flexibility index (Phi) is 5.88. The van der Waals surface area contributed by atoms with Gasteiger partial charge in [0.1, 0.15) is 0 Å². The Morgan fingerprint density at radius 3 is 2.04 bits per heavy atom. The first-order valence-electron chi connectivity index (χ1n) is 8.43. The normalized spacial score (nSPS) is 11.7. The highest BCUT2D eigenvalue weighted by Gasteiger charge is 2.26. The number of likely N-dealkylation sites (N-methyl/N-ethyl adjacent to an activating group) is 1. The van der Waals surface area contributed by atoms with Crippen LogP contribution in [0.15, 0.2) is 35.2 Å². The summed E-state index contributed by atoms with van der Waals surface area (Å²) in [5.74, 6) is -0.373. The fourth-order valence-corrected chi connectivity index (χ4v) is 4.57. The molecule has 0 atom stereocenters. The van der Waals surface area contributed by atoms with E-state index in [0.29, 0.717) is 16.8 Å². The van der Waals surface area contributed by atoms with E-state index in [4.69, 9.17) is 0 Å². The molecular formula is C20H26N2O3S. The fraction of sp³-hybridized carbons (Fsp3) is 0.350. The van der Waals surface area contributed by atoms with Gasteiger partial charge in [0.2, 0.25) is 15.9 Å². The zero-order valence-corrected chi connectivity index (χ0v) is 17.0. The molecule has 140 valence electrons. The van der Waals surface area contributed by atoms with Crippen molar-refractivity contribution in [1.82, 2.24) is 4.31 Å². The molecule has 0 fully saturated rings. The molecule has 0 aliphatic carbocycles. The van der Waals surface area contributed by atoms with Crippen LogP contribution < -0.4 is 5.32 Å². The third-order valence-corrected chi connectivity index (χ3v) is 6.54. The maximum absolute atomic E-state index is 12.9. The minimum absolute atomic E-state index is 0.248. The summed E-state index contributed by atoms with van der Waals surface area (Å²) < 4.78 is 26.9. The van der Waals surface area contributed by atoms with Crippen LogP contribution in [0.2, 0.25) is 0 Å². The third-order valence-electron chi connectivity index (χ3n) is 4.43. The molecule has 5 nitrogen and oxygen atoms in total. The summed E-state index contributed by atoms with van der Waals surface area (Å²) in [5, 5.41) is 2.76. The Morgan fingerprint density at radius 2 is 1.50 bits per heavy atom. The molecule has 2 aromatic rings. The molecule has 0 spiro atoms. The highest BCUT2D eigenvalue weighted by atomic mass is 32.2. The van der Waals surface area contributed by atoms with Crippen molar-refractivity contribution in [3.05, 3.63) is 58.1 Å². The van der Waals surface area contributed by atoms with E-state index in [9.17, 15) is 13.2 Å². The van der Waals surface area contributed by atoms with Gasteiger partial charge in [-0.2, -0.15) is 4.31 Å². The molecule has 0 bridgehead atoms. The van der Waals surface area contributed by atoms with Gasteiger partial charge in [0.05, 0.1) is 11.4 Å². The standard InChI is InChI=1S/C20H26N2O3S/c1-13-9-16(4)20(17(5)10-13)26(24,25)22(6)12-19(23)21-18-8-7-14(2)15(3)11-18/h7-11H,12H2,1-6H3,(H,21,23). The highest BCUT2D eigenvalue weighted by molar-refractivity contribution is 7.89. The lowest BCUT2D eigenvalue weighted by molar-refractivity contribution is -0.116. The molecule has 26 heavy (non-hydrogen) atoms. The largest absolute Gasteiger partial charge is 0.325 e. The number of rotatable bonds is 5. The number of carbonyl (C=O) groups excluding carboxylic acids is 1. The van der Waals surface area contributed by atoms with E-state index in [1.807, 2.05) is 51.1 Å². The number of sulfonamides is 1. The van der Waals surface area contributed by atoms with E-state index in [-0.39, 0.29) is 17.3 Å². The van der Waals surface area contributed by atoms with Gasteiger partial charge in [-0.25, -0.2) is 8.42 Å². The summed E-state index contributed by atoms with van der Waals surface area (Å²) in [4.78, 5) is 12.6. The van der Waals surface area contributed by atoms with Crippen molar-refractivity contribution in [3.63, 3.8) is 0 Å². The summed E-state index contributed by atoms with van der Waals surface area (Å²) >= 11 is 0. The van der Waals surface area contributed by atoms with Gasteiger partial charge >= 0.3 is 0 Å². The summed E-state index contributed by atoms with van der Waals surface area (Å²) in [6, 6.07) is 9.27. The summed E-state index contributed by atoms with van der Waals surface area (Å²) in [6.45, 7) is 9.18. The van der Waals surface area contributed by atoms with Gasteiger partial charge in [0.25, 0.3) is 0 Å². The lowest BCUT2D eigenvalue weighted by atomic mass is 10.1. The number of carbonyl (C=O) groups is 1. The van der Waals surface area contributed by atoms with E-state index in [1.54, 1.807) is 13.8 Å². The van der Waals surface area contributed by atoms with Crippen molar-refractivity contribution in [2.75, 3.05) is 18.9 Å². The summed E-state index contributed by atoms with van der Waals surface area (Å²) in [7, 11) is -2.32. The van der Waals surface area contributed by atoms with Crippen LogP contribution in [0.5, 0.6) is 0 Å². The zero-order chi connectivity index (χ0) is 19.6. The Hall–Kier alpha value is -2.18. The van der Waals surface area contributed by atoms with E-state index >= 15 is 0 Å². The molecule has 1 amide bonds. The van der Waals surface area contributed by atoms with Crippen LogP contribution in [0.4, 0.5) is 5.69 Å². The smallest absolute Gasteiger partial charge is 0.243 e. The second-order valence-electron chi connectivity index (χ2n) is 6.84. The van der Waals surface area contributed by atoms with Crippen LogP contribution in [-0.4, -0.2) is 32.2 Å². The molecule has 0 saturated carbocycles. The first-order valence-corrected chi connectivity index (χ1v) is 9.87. The van der Waals surface area contributed by atoms with Gasteiger partial charge < -0.3 is 5.32 Å². The predicted octanol–water partition coefficient (Wildman–Crippen LogP) is 3.49. The molecule has 6 heteroatoms. The van der Waals surface area contributed by atoms with Gasteiger partial charge in [-0.1, -0.05) is 23.8 Å². The Morgan fingerprint density at radius 1 is 0.923 bits per heavy atom. The molecule has 0 heterocycles. The van der Waals surface area contributed by atoms with Crippen LogP contribution >= 0.6 is 0 Å². The SMILES string of the molecule is Cc1cc(C)c(S(=O)(=O)N(C)CC(=O)Nc2ccc(C)c(C)c2)c(C)c1. The molecule has 1 N–H and O–H groups in total. The van der Waals surface area contributed by atoms with Crippen LogP contribution in [0.1, 0.15) is 27.8 Å². The molecular weight excluding hydrogens is 348 g/mol. The van der Waals surface area contributed by atoms with E-state index in [2.05, 4.69) is 5.32 Å². The maximum atomic E-state index is 12.9. The van der Waals surface area contributed by atoms with E-state index < -0.39 is 10.0 Å². The number of hydrogen-bond acceptors (Lipinski definition) is 3. The first kappa shape index (κ1) is 20.1. The van der Waals surface area contributed by atoms with Crippen LogP contribution in [-0.2, 0) is 14.8 Å². The lowest BCUT2D eigenvalue weighted by Crippen LogP contribution is -2.35.